The number of rotatable bonds is 2. The highest BCUT2D eigenvalue weighted by Crippen LogP contribution is 2.22. The Kier molecular flexibility index (Phi) is 3.73. The average Bonchev–Trinajstić information content (AvgIpc) is 2.72. The SMILES string of the molecule is Cc1cc(N)cc(C(=O)N(C)C2CCS(=O)(=O)C2)c1F. The van der Waals surface area contributed by atoms with E-state index in [0.29, 0.717) is 17.7 Å². The molecule has 7 heteroatoms. The summed E-state index contributed by atoms with van der Waals surface area (Å²) in [6.45, 7) is 1.53. The lowest BCUT2D eigenvalue weighted by atomic mass is 10.1. The molecule has 0 radical (unpaired) electrons. The lowest BCUT2D eigenvalue weighted by Crippen LogP contribution is -2.38. The van der Waals surface area contributed by atoms with Crippen molar-refractivity contribution < 1.29 is 17.6 Å². The lowest BCUT2D eigenvalue weighted by Gasteiger charge is -2.24. The number of carbonyl (C=O) groups is 1. The van der Waals surface area contributed by atoms with Crippen LogP contribution in [0, 0.1) is 12.7 Å². The number of anilines is 1. The molecule has 1 amide bonds. The smallest absolute Gasteiger partial charge is 0.256 e. The van der Waals surface area contributed by atoms with Crippen molar-refractivity contribution in [3.05, 3.63) is 29.1 Å². The van der Waals surface area contributed by atoms with Crippen LogP contribution in [0.4, 0.5) is 10.1 Å². The fourth-order valence-corrected chi connectivity index (χ4v) is 4.16. The Labute approximate surface area is 117 Å². The van der Waals surface area contributed by atoms with Gasteiger partial charge in [-0.1, -0.05) is 0 Å². The molecule has 0 spiro atoms. The van der Waals surface area contributed by atoms with Gasteiger partial charge in [-0.2, -0.15) is 0 Å². The van der Waals surface area contributed by atoms with E-state index in [1.807, 2.05) is 0 Å². The van der Waals surface area contributed by atoms with Crippen LogP contribution in [-0.2, 0) is 9.84 Å². The van der Waals surface area contributed by atoms with E-state index < -0.39 is 27.6 Å². The van der Waals surface area contributed by atoms with Gasteiger partial charge in [-0.15, -0.1) is 0 Å². The first-order valence-corrected chi connectivity index (χ1v) is 8.06. The van der Waals surface area contributed by atoms with Crippen molar-refractivity contribution in [3.63, 3.8) is 0 Å². The zero-order chi connectivity index (χ0) is 15.1. The van der Waals surface area contributed by atoms with Crippen LogP contribution < -0.4 is 5.73 Å². The molecule has 1 aromatic rings. The predicted molar refractivity (Wildman–Crippen MR) is 74.7 cm³/mol. The first-order valence-electron chi connectivity index (χ1n) is 6.24. The number of hydrogen-bond donors (Lipinski definition) is 1. The molecule has 1 fully saturated rings. The second kappa shape index (κ2) is 5.05. The average molecular weight is 300 g/mol. The minimum absolute atomic E-state index is 0.0632. The summed E-state index contributed by atoms with van der Waals surface area (Å²) in [5.74, 6) is -1.16. The van der Waals surface area contributed by atoms with Crippen molar-refractivity contribution in [3.8, 4) is 0 Å². The van der Waals surface area contributed by atoms with E-state index >= 15 is 0 Å². The zero-order valence-corrected chi connectivity index (χ0v) is 12.2. The summed E-state index contributed by atoms with van der Waals surface area (Å²) in [4.78, 5) is 13.6. The molecule has 1 aliphatic rings. The molecule has 0 aliphatic carbocycles. The van der Waals surface area contributed by atoms with Crippen LogP contribution in [0.3, 0.4) is 0 Å². The monoisotopic (exact) mass is 300 g/mol. The molecule has 2 N–H and O–H groups in total. The minimum atomic E-state index is -3.09. The standard InChI is InChI=1S/C13H17FN2O3S/c1-8-5-9(15)6-11(12(8)14)13(17)16(2)10-3-4-20(18,19)7-10/h5-6,10H,3-4,7,15H2,1-2H3. The number of nitrogen functional groups attached to an aromatic ring is 1. The van der Waals surface area contributed by atoms with Gasteiger partial charge >= 0.3 is 0 Å². The summed E-state index contributed by atoms with van der Waals surface area (Å²) >= 11 is 0. The summed E-state index contributed by atoms with van der Waals surface area (Å²) in [6.07, 6.45) is 0.382. The van der Waals surface area contributed by atoms with Crippen molar-refractivity contribution in [2.45, 2.75) is 19.4 Å². The number of nitrogens with zero attached hydrogens (tertiary/aromatic N) is 1. The lowest BCUT2D eigenvalue weighted by molar-refractivity contribution is 0.0743. The summed E-state index contributed by atoms with van der Waals surface area (Å²) in [6, 6.07) is 2.32. The van der Waals surface area contributed by atoms with Crippen molar-refractivity contribution in [1.82, 2.24) is 4.90 Å². The number of sulfone groups is 1. The molecule has 0 bridgehead atoms. The quantitative estimate of drug-likeness (QED) is 0.825. The molecule has 1 atom stereocenters. The van der Waals surface area contributed by atoms with E-state index in [0.717, 1.165) is 0 Å². The van der Waals surface area contributed by atoms with Crippen LogP contribution >= 0.6 is 0 Å². The molecule has 1 saturated heterocycles. The highest BCUT2D eigenvalue weighted by molar-refractivity contribution is 7.91. The summed E-state index contributed by atoms with van der Waals surface area (Å²) < 4.78 is 36.9. The van der Waals surface area contributed by atoms with Crippen molar-refractivity contribution >= 4 is 21.4 Å². The number of amides is 1. The Balaban J connectivity index is 2.28. The first-order chi connectivity index (χ1) is 9.21. The van der Waals surface area contributed by atoms with Gasteiger partial charge in [-0.05, 0) is 31.0 Å². The molecular weight excluding hydrogens is 283 g/mol. The second-order valence-corrected chi connectivity index (χ2v) is 7.40. The van der Waals surface area contributed by atoms with Crippen LogP contribution in [-0.4, -0.2) is 43.8 Å². The molecule has 1 aromatic carbocycles. The van der Waals surface area contributed by atoms with E-state index in [1.54, 1.807) is 0 Å². The van der Waals surface area contributed by atoms with Crippen LogP contribution in [0.5, 0.6) is 0 Å². The van der Waals surface area contributed by atoms with E-state index in [2.05, 4.69) is 0 Å². The number of halogens is 1. The Bertz CT molecular complexity index is 658. The number of hydrogen-bond acceptors (Lipinski definition) is 4. The molecule has 1 aliphatic heterocycles. The summed E-state index contributed by atoms with van der Waals surface area (Å²) in [5.41, 5.74) is 6.11. The largest absolute Gasteiger partial charge is 0.399 e. The van der Waals surface area contributed by atoms with Gasteiger partial charge in [0.25, 0.3) is 5.91 Å². The molecule has 1 unspecified atom stereocenters. The Hall–Kier alpha value is -1.63. The van der Waals surface area contributed by atoms with Gasteiger partial charge in [0.15, 0.2) is 9.84 Å². The van der Waals surface area contributed by atoms with E-state index in [4.69, 9.17) is 5.73 Å². The number of nitrogens with two attached hydrogens (primary N) is 1. The first kappa shape index (κ1) is 14.8. The van der Waals surface area contributed by atoms with Crippen LogP contribution in [0.1, 0.15) is 22.3 Å². The minimum Gasteiger partial charge on any atom is -0.399 e. The maximum atomic E-state index is 14.0. The van der Waals surface area contributed by atoms with Crippen LogP contribution in [0.25, 0.3) is 0 Å². The molecule has 5 nitrogen and oxygen atoms in total. The van der Waals surface area contributed by atoms with E-state index in [1.165, 1.54) is 31.0 Å². The summed E-state index contributed by atoms with van der Waals surface area (Å²) in [7, 11) is -1.60. The highest BCUT2D eigenvalue weighted by Gasteiger charge is 2.33. The molecular formula is C13H17FN2O3S. The van der Waals surface area contributed by atoms with Gasteiger partial charge < -0.3 is 10.6 Å². The van der Waals surface area contributed by atoms with Gasteiger partial charge in [-0.25, -0.2) is 12.8 Å². The molecule has 1 heterocycles. The number of benzene rings is 1. The Morgan fingerprint density at radius 3 is 2.65 bits per heavy atom. The van der Waals surface area contributed by atoms with Crippen molar-refractivity contribution in [1.29, 1.82) is 0 Å². The molecule has 0 aromatic heterocycles. The van der Waals surface area contributed by atoms with Crippen molar-refractivity contribution in [2.75, 3.05) is 24.3 Å². The van der Waals surface area contributed by atoms with Gasteiger partial charge in [0.2, 0.25) is 0 Å². The Morgan fingerprint density at radius 2 is 2.10 bits per heavy atom. The zero-order valence-electron chi connectivity index (χ0n) is 11.4. The van der Waals surface area contributed by atoms with E-state index in [9.17, 15) is 17.6 Å². The molecule has 20 heavy (non-hydrogen) atoms. The fraction of sp³-hybridized carbons (Fsp3) is 0.462. The third-order valence-corrected chi connectivity index (χ3v) is 5.33. The Morgan fingerprint density at radius 1 is 1.45 bits per heavy atom. The van der Waals surface area contributed by atoms with E-state index in [-0.39, 0.29) is 17.1 Å². The molecule has 110 valence electrons. The number of carbonyl (C=O) groups excluding carboxylic acids is 1. The topological polar surface area (TPSA) is 80.5 Å². The fourth-order valence-electron chi connectivity index (χ4n) is 2.39. The van der Waals surface area contributed by atoms with Crippen LogP contribution in [0.15, 0.2) is 12.1 Å². The highest BCUT2D eigenvalue weighted by atomic mass is 32.2. The molecule has 0 saturated carbocycles. The molecule has 2 rings (SSSR count). The third kappa shape index (κ3) is 2.77. The number of aryl methyl sites for hydroxylation is 1. The van der Waals surface area contributed by atoms with Gasteiger partial charge in [0, 0.05) is 18.8 Å². The van der Waals surface area contributed by atoms with Gasteiger partial charge in [0.1, 0.15) is 5.82 Å². The predicted octanol–water partition coefficient (Wildman–Crippen LogP) is 0.975. The van der Waals surface area contributed by atoms with Crippen molar-refractivity contribution in [2.24, 2.45) is 0 Å². The third-order valence-electron chi connectivity index (χ3n) is 3.58. The second-order valence-electron chi connectivity index (χ2n) is 5.17. The summed E-state index contributed by atoms with van der Waals surface area (Å²) in [5, 5.41) is 0. The normalized spacial score (nSPS) is 20.9. The van der Waals surface area contributed by atoms with Crippen LogP contribution in [0.2, 0.25) is 0 Å². The van der Waals surface area contributed by atoms with Gasteiger partial charge in [-0.3, -0.25) is 4.79 Å². The maximum Gasteiger partial charge on any atom is 0.256 e. The maximum absolute atomic E-state index is 14.0. The van der Waals surface area contributed by atoms with Gasteiger partial charge in [0.05, 0.1) is 17.1 Å².